The van der Waals surface area contributed by atoms with Crippen LogP contribution in [0.3, 0.4) is 0 Å². The fourth-order valence-electron chi connectivity index (χ4n) is 2.85. The number of nitrogens with one attached hydrogen (secondary N) is 1. The lowest BCUT2D eigenvalue weighted by Gasteiger charge is -2.20. The summed E-state index contributed by atoms with van der Waals surface area (Å²) in [4.78, 5) is 16.9. The fourth-order valence-corrected chi connectivity index (χ4v) is 5.33. The van der Waals surface area contributed by atoms with Crippen LogP contribution in [0.1, 0.15) is 34.8 Å². The van der Waals surface area contributed by atoms with Gasteiger partial charge in [0.15, 0.2) is 5.13 Å². The number of thiazole rings is 1. The quantitative estimate of drug-likeness (QED) is 0.591. The van der Waals surface area contributed by atoms with E-state index in [0.717, 1.165) is 22.8 Å². The topological polar surface area (TPSA) is 79.4 Å². The van der Waals surface area contributed by atoms with Gasteiger partial charge in [-0.1, -0.05) is 29.8 Å². The standard InChI is InChI=1S/C20H18ClN3O3S2/c1-24(15-5-3-2-4-6-15)29(26,27)18-11-14(9-10-16(18)21)19(25)23-20-22-17(12-28-20)13-7-8-13/h2-6,9-13H,7-8H2,1H3,(H,22,23,25). The first kappa shape index (κ1) is 19.9. The summed E-state index contributed by atoms with van der Waals surface area (Å²) in [7, 11) is -2.49. The van der Waals surface area contributed by atoms with Crippen LogP contribution in [0, 0.1) is 0 Å². The van der Waals surface area contributed by atoms with Gasteiger partial charge in [-0.25, -0.2) is 13.4 Å². The third-order valence-corrected chi connectivity index (χ3v) is 7.73. The van der Waals surface area contributed by atoms with Crippen LogP contribution in [-0.2, 0) is 10.0 Å². The Kier molecular flexibility index (Phi) is 5.33. The number of anilines is 2. The molecule has 0 spiro atoms. The van der Waals surface area contributed by atoms with E-state index in [1.54, 1.807) is 30.3 Å². The molecule has 1 saturated carbocycles. The zero-order valence-electron chi connectivity index (χ0n) is 15.5. The van der Waals surface area contributed by atoms with E-state index in [2.05, 4.69) is 10.3 Å². The fraction of sp³-hybridized carbons (Fsp3) is 0.200. The van der Waals surface area contributed by atoms with Crippen molar-refractivity contribution in [3.63, 3.8) is 0 Å². The van der Waals surface area contributed by atoms with Crippen molar-refractivity contribution in [1.82, 2.24) is 4.98 Å². The Morgan fingerprint density at radius 2 is 1.93 bits per heavy atom. The molecule has 1 fully saturated rings. The maximum Gasteiger partial charge on any atom is 0.265 e. The summed E-state index contributed by atoms with van der Waals surface area (Å²) >= 11 is 7.53. The maximum atomic E-state index is 13.1. The van der Waals surface area contributed by atoms with Crippen LogP contribution in [0.2, 0.25) is 5.02 Å². The Bertz CT molecular complexity index is 1160. The third-order valence-electron chi connectivity index (χ3n) is 4.69. The van der Waals surface area contributed by atoms with Crippen molar-refractivity contribution in [2.45, 2.75) is 23.7 Å². The number of halogens is 1. The minimum absolute atomic E-state index is 0.0506. The molecule has 0 saturated heterocycles. The Balaban J connectivity index is 1.60. The van der Waals surface area contributed by atoms with Gasteiger partial charge in [0.25, 0.3) is 15.9 Å². The Morgan fingerprint density at radius 1 is 1.21 bits per heavy atom. The first-order chi connectivity index (χ1) is 13.9. The van der Waals surface area contributed by atoms with Gasteiger partial charge in [-0.15, -0.1) is 11.3 Å². The van der Waals surface area contributed by atoms with Crippen LogP contribution in [0.25, 0.3) is 0 Å². The zero-order chi connectivity index (χ0) is 20.6. The predicted octanol–water partition coefficient (Wildman–Crippen LogP) is 4.75. The van der Waals surface area contributed by atoms with E-state index >= 15 is 0 Å². The van der Waals surface area contributed by atoms with Crippen molar-refractivity contribution in [1.29, 1.82) is 0 Å². The Morgan fingerprint density at radius 3 is 2.62 bits per heavy atom. The first-order valence-corrected chi connectivity index (χ1v) is 11.7. The highest BCUT2D eigenvalue weighted by atomic mass is 35.5. The molecular formula is C20H18ClN3O3S2. The lowest BCUT2D eigenvalue weighted by molar-refractivity contribution is 0.102. The molecule has 3 aromatic rings. The van der Waals surface area contributed by atoms with Gasteiger partial charge in [0.2, 0.25) is 0 Å². The van der Waals surface area contributed by atoms with Crippen molar-refractivity contribution in [3.05, 3.63) is 70.2 Å². The molecule has 6 nitrogen and oxygen atoms in total. The highest BCUT2D eigenvalue weighted by Gasteiger charge is 2.27. The van der Waals surface area contributed by atoms with E-state index in [4.69, 9.17) is 11.6 Å². The monoisotopic (exact) mass is 447 g/mol. The molecule has 1 amide bonds. The molecule has 0 unspecified atom stereocenters. The second-order valence-corrected chi connectivity index (χ2v) is 9.96. The number of carbonyl (C=O) groups excluding carboxylic acids is 1. The smallest absolute Gasteiger partial charge is 0.265 e. The van der Waals surface area contributed by atoms with Crippen molar-refractivity contribution in [3.8, 4) is 0 Å². The number of benzene rings is 2. The number of hydrogen-bond donors (Lipinski definition) is 1. The lowest BCUT2D eigenvalue weighted by atomic mass is 10.2. The van der Waals surface area contributed by atoms with Gasteiger partial charge < -0.3 is 0 Å². The van der Waals surface area contributed by atoms with Gasteiger partial charge >= 0.3 is 0 Å². The number of amides is 1. The molecule has 0 atom stereocenters. The molecule has 1 heterocycles. The molecule has 0 aliphatic heterocycles. The average Bonchev–Trinajstić information content (AvgIpc) is 3.47. The van der Waals surface area contributed by atoms with E-state index in [0.29, 0.717) is 16.7 Å². The molecule has 29 heavy (non-hydrogen) atoms. The van der Waals surface area contributed by atoms with Gasteiger partial charge in [0.1, 0.15) is 4.90 Å². The van der Waals surface area contributed by atoms with Crippen LogP contribution in [0.5, 0.6) is 0 Å². The molecule has 0 bridgehead atoms. The lowest BCUT2D eigenvalue weighted by Crippen LogP contribution is -2.27. The molecule has 1 aliphatic carbocycles. The normalized spacial score (nSPS) is 13.9. The number of rotatable bonds is 6. The van der Waals surface area contributed by atoms with E-state index < -0.39 is 15.9 Å². The molecule has 1 N–H and O–H groups in total. The molecular weight excluding hydrogens is 430 g/mol. The minimum atomic E-state index is -3.94. The number of para-hydroxylation sites is 1. The Hall–Kier alpha value is -2.42. The summed E-state index contributed by atoms with van der Waals surface area (Å²) in [6.45, 7) is 0. The van der Waals surface area contributed by atoms with Crippen molar-refractivity contribution in [2.24, 2.45) is 0 Å². The molecule has 9 heteroatoms. The first-order valence-electron chi connectivity index (χ1n) is 8.96. The average molecular weight is 448 g/mol. The SMILES string of the molecule is CN(c1ccccc1)S(=O)(=O)c1cc(C(=O)Nc2nc(C3CC3)cs2)ccc1Cl. The van der Waals surface area contributed by atoms with E-state index in [1.165, 1.54) is 36.6 Å². The number of sulfonamides is 1. The van der Waals surface area contributed by atoms with Crippen LogP contribution < -0.4 is 9.62 Å². The van der Waals surface area contributed by atoms with Crippen LogP contribution in [0.15, 0.2) is 58.8 Å². The van der Waals surface area contributed by atoms with Crippen molar-refractivity contribution in [2.75, 3.05) is 16.7 Å². The van der Waals surface area contributed by atoms with Crippen molar-refractivity contribution >= 4 is 49.7 Å². The molecule has 0 radical (unpaired) electrons. The summed E-state index contributed by atoms with van der Waals surface area (Å²) < 4.78 is 27.3. The van der Waals surface area contributed by atoms with Gasteiger partial charge in [-0.3, -0.25) is 14.4 Å². The van der Waals surface area contributed by atoms with Gasteiger partial charge in [-0.05, 0) is 43.2 Å². The van der Waals surface area contributed by atoms with E-state index in [1.807, 2.05) is 5.38 Å². The van der Waals surface area contributed by atoms with Gasteiger partial charge in [0.05, 0.1) is 16.4 Å². The zero-order valence-corrected chi connectivity index (χ0v) is 17.9. The van der Waals surface area contributed by atoms with Crippen LogP contribution in [-0.4, -0.2) is 26.4 Å². The Labute approximate surface area is 178 Å². The summed E-state index contributed by atoms with van der Waals surface area (Å²) in [6.07, 6.45) is 2.26. The van der Waals surface area contributed by atoms with Gasteiger partial charge in [0, 0.05) is 23.9 Å². The summed E-state index contributed by atoms with van der Waals surface area (Å²) in [5.74, 6) is 0.0647. The third kappa shape index (κ3) is 4.14. The second-order valence-electron chi connectivity index (χ2n) is 6.76. The highest BCUT2D eigenvalue weighted by molar-refractivity contribution is 7.93. The number of aromatic nitrogens is 1. The predicted molar refractivity (Wildman–Crippen MR) is 116 cm³/mol. The van der Waals surface area contributed by atoms with Crippen molar-refractivity contribution < 1.29 is 13.2 Å². The van der Waals surface area contributed by atoms with E-state index in [9.17, 15) is 13.2 Å². The van der Waals surface area contributed by atoms with Crippen LogP contribution >= 0.6 is 22.9 Å². The maximum absolute atomic E-state index is 13.1. The van der Waals surface area contributed by atoms with E-state index in [-0.39, 0.29) is 15.5 Å². The highest BCUT2D eigenvalue weighted by Crippen LogP contribution is 2.41. The molecule has 150 valence electrons. The second kappa shape index (κ2) is 7.78. The summed E-state index contributed by atoms with van der Waals surface area (Å²) in [5, 5.41) is 5.23. The summed E-state index contributed by atoms with van der Waals surface area (Å²) in [6, 6.07) is 12.9. The largest absolute Gasteiger partial charge is 0.298 e. The molecule has 4 rings (SSSR count). The van der Waals surface area contributed by atoms with Crippen LogP contribution in [0.4, 0.5) is 10.8 Å². The minimum Gasteiger partial charge on any atom is -0.298 e. The number of nitrogens with zero attached hydrogens (tertiary/aromatic N) is 2. The number of hydrogen-bond acceptors (Lipinski definition) is 5. The summed E-state index contributed by atoms with van der Waals surface area (Å²) in [5.41, 5.74) is 1.68. The number of carbonyl (C=O) groups is 1. The molecule has 1 aliphatic rings. The molecule has 1 aromatic heterocycles. The molecule has 2 aromatic carbocycles. The van der Waals surface area contributed by atoms with Gasteiger partial charge in [-0.2, -0.15) is 0 Å².